The summed E-state index contributed by atoms with van der Waals surface area (Å²) in [5, 5.41) is 21.3. The van der Waals surface area contributed by atoms with Crippen LogP contribution in [0.4, 0.5) is 0 Å². The fourth-order valence-corrected chi connectivity index (χ4v) is 10.9. The summed E-state index contributed by atoms with van der Waals surface area (Å²) in [6.45, 7) is 25.3. The van der Waals surface area contributed by atoms with Crippen molar-refractivity contribution < 1.29 is 48.2 Å². The molecule has 0 aromatic heterocycles. The van der Waals surface area contributed by atoms with Gasteiger partial charge in [0.15, 0.2) is 12.6 Å². The van der Waals surface area contributed by atoms with E-state index in [-0.39, 0.29) is 36.3 Å². The normalized spacial score (nSPS) is 38.6. The van der Waals surface area contributed by atoms with E-state index in [2.05, 4.69) is 54.7 Å². The van der Waals surface area contributed by atoms with E-state index in [4.69, 9.17) is 40.0 Å². The number of alkyl halides is 1. The molecule has 0 aliphatic heterocycles. The first kappa shape index (κ1) is 45.2. The summed E-state index contributed by atoms with van der Waals surface area (Å²) in [7, 11) is 3.38. The standard InChI is InChI=1S/C24H40O6.C14H20O4.C5H11Cl/c1-15(2)19(25)28-22-9-18-10-23(12-22,29-20(26-7)16(3)4)14-24(11-18,13-22)30-21(27-8)17(5)6;1-9(2)11(15)18-14-5-10-3-12(16,7-14)6-13(17,4-10)8-14;1-4(2)5(3)6/h16-18,20-21H,1,9-14H2,2-8H3;10,16-17H,1,3-8H2,2H3;4-5H,1-3H3. The topological polar surface area (TPSA) is 130 Å². The lowest BCUT2D eigenvalue weighted by Gasteiger charge is -2.65. The van der Waals surface area contributed by atoms with Gasteiger partial charge in [0.25, 0.3) is 0 Å². The van der Waals surface area contributed by atoms with Gasteiger partial charge in [0.2, 0.25) is 0 Å². The van der Waals surface area contributed by atoms with Crippen molar-refractivity contribution in [3.05, 3.63) is 24.3 Å². The highest BCUT2D eigenvalue weighted by atomic mass is 35.5. The molecule has 0 saturated heterocycles. The van der Waals surface area contributed by atoms with Gasteiger partial charge < -0.3 is 38.6 Å². The van der Waals surface area contributed by atoms with Crippen LogP contribution >= 0.6 is 11.6 Å². The maximum atomic E-state index is 12.6. The van der Waals surface area contributed by atoms with E-state index < -0.39 is 39.6 Å². The molecule has 2 N–H and O–H groups in total. The molecule has 7 unspecified atom stereocenters. The lowest BCUT2D eigenvalue weighted by molar-refractivity contribution is -0.342. The van der Waals surface area contributed by atoms with Crippen LogP contribution in [0, 0.1) is 29.6 Å². The number of carbonyl (C=O) groups excluding carboxylic acids is 2. The van der Waals surface area contributed by atoms with Gasteiger partial charge in [-0.3, -0.25) is 0 Å². The fourth-order valence-electron chi connectivity index (χ4n) is 10.9. The molecule has 0 aromatic rings. The number of halogens is 1. The van der Waals surface area contributed by atoms with Crippen LogP contribution in [0.5, 0.6) is 0 Å². The Morgan fingerprint density at radius 3 is 1.19 bits per heavy atom. The number of hydrogen-bond donors (Lipinski definition) is 2. The SMILES string of the molecule is C=C(C)C(=O)OC12CC3CC(O)(CC(O)(C3)C1)C2.C=C(C)C(=O)OC12CC3CC(OC(OC)C(C)C)(C1)CC(OC(OC)C(C)C)(C3)C2.CC(C)C(C)Cl. The van der Waals surface area contributed by atoms with Crippen LogP contribution in [-0.4, -0.2) is 87.9 Å². The number of carbonyl (C=O) groups is 2. The Hall–Kier alpha value is -1.53. The summed E-state index contributed by atoms with van der Waals surface area (Å²) in [6, 6.07) is 0. The number of methoxy groups -OCH3 is 2. The van der Waals surface area contributed by atoms with Crippen LogP contribution in [0.25, 0.3) is 0 Å². The molecule has 310 valence electrons. The molecular formula is C43H71ClO10. The van der Waals surface area contributed by atoms with Crippen molar-refractivity contribution in [1.82, 2.24) is 0 Å². The Labute approximate surface area is 330 Å². The Kier molecular flexibility index (Phi) is 14.0. The molecule has 8 bridgehead atoms. The number of ether oxygens (including phenoxy) is 6. The van der Waals surface area contributed by atoms with Crippen molar-refractivity contribution in [3.63, 3.8) is 0 Å². The average molecular weight is 783 g/mol. The van der Waals surface area contributed by atoms with Gasteiger partial charge in [-0.2, -0.15) is 0 Å². The molecule has 0 aromatic carbocycles. The summed E-state index contributed by atoms with van der Waals surface area (Å²) in [6.07, 6.45) is 7.76. The third-order valence-electron chi connectivity index (χ3n) is 12.4. The Morgan fingerprint density at radius 1 is 0.574 bits per heavy atom. The first-order chi connectivity index (χ1) is 24.8. The molecule has 8 aliphatic carbocycles. The molecule has 11 heteroatoms. The van der Waals surface area contributed by atoms with Gasteiger partial charge in [0.1, 0.15) is 11.2 Å². The molecule has 0 spiro atoms. The van der Waals surface area contributed by atoms with E-state index in [0.29, 0.717) is 60.5 Å². The summed E-state index contributed by atoms with van der Waals surface area (Å²) < 4.78 is 36.4. The highest BCUT2D eigenvalue weighted by Gasteiger charge is 2.68. The summed E-state index contributed by atoms with van der Waals surface area (Å²) >= 11 is 5.61. The maximum Gasteiger partial charge on any atom is 0.333 e. The number of rotatable bonds is 13. The highest BCUT2D eigenvalue weighted by molar-refractivity contribution is 6.20. The van der Waals surface area contributed by atoms with E-state index >= 15 is 0 Å². The predicted octanol–water partition coefficient (Wildman–Crippen LogP) is 8.18. The van der Waals surface area contributed by atoms with E-state index in [1.807, 2.05) is 6.92 Å². The van der Waals surface area contributed by atoms with Gasteiger partial charge in [0, 0.05) is 81.1 Å². The second-order valence-electron chi connectivity index (χ2n) is 19.4. The van der Waals surface area contributed by atoms with Gasteiger partial charge in [0.05, 0.1) is 22.4 Å². The van der Waals surface area contributed by atoms with Crippen molar-refractivity contribution in [2.24, 2.45) is 29.6 Å². The van der Waals surface area contributed by atoms with Gasteiger partial charge in [-0.05, 0) is 77.0 Å². The third-order valence-corrected chi connectivity index (χ3v) is 12.9. The Morgan fingerprint density at radius 2 is 0.889 bits per heavy atom. The molecule has 8 fully saturated rings. The molecule has 0 heterocycles. The number of hydrogen-bond acceptors (Lipinski definition) is 10. The van der Waals surface area contributed by atoms with Crippen molar-refractivity contribution in [3.8, 4) is 0 Å². The van der Waals surface area contributed by atoms with Crippen LogP contribution in [0.3, 0.4) is 0 Å². The van der Waals surface area contributed by atoms with Crippen LogP contribution in [0.15, 0.2) is 24.3 Å². The zero-order valence-corrected chi connectivity index (χ0v) is 35.8. The van der Waals surface area contributed by atoms with E-state index in [1.165, 1.54) is 0 Å². The second kappa shape index (κ2) is 16.8. The zero-order chi connectivity index (χ0) is 40.7. The Bertz CT molecular complexity index is 1320. The molecule has 8 saturated carbocycles. The monoisotopic (exact) mass is 782 g/mol. The second-order valence-corrected chi connectivity index (χ2v) is 20.1. The third kappa shape index (κ3) is 10.5. The van der Waals surface area contributed by atoms with Gasteiger partial charge >= 0.3 is 11.9 Å². The molecule has 0 amide bonds. The minimum absolute atomic E-state index is 0.219. The first-order valence-electron chi connectivity index (χ1n) is 20.1. The van der Waals surface area contributed by atoms with Crippen LogP contribution in [-0.2, 0) is 38.0 Å². The van der Waals surface area contributed by atoms with Crippen molar-refractivity contribution in [2.45, 2.75) is 191 Å². The molecule has 8 rings (SSSR count). The van der Waals surface area contributed by atoms with Crippen molar-refractivity contribution in [1.29, 1.82) is 0 Å². The minimum Gasteiger partial charge on any atom is -0.455 e. The summed E-state index contributed by atoms with van der Waals surface area (Å²) in [4.78, 5) is 24.3. The van der Waals surface area contributed by atoms with Crippen LogP contribution in [0.1, 0.15) is 139 Å². The first-order valence-corrected chi connectivity index (χ1v) is 20.6. The molecule has 8 aliphatic rings. The van der Waals surface area contributed by atoms with E-state index in [0.717, 1.165) is 44.9 Å². The highest BCUT2D eigenvalue weighted by Crippen LogP contribution is 2.64. The van der Waals surface area contributed by atoms with Gasteiger partial charge in [-0.15, -0.1) is 11.6 Å². The largest absolute Gasteiger partial charge is 0.455 e. The molecule has 10 nitrogen and oxygen atoms in total. The molecule has 0 radical (unpaired) electrons. The molecular weight excluding hydrogens is 712 g/mol. The summed E-state index contributed by atoms with van der Waals surface area (Å²) in [5.74, 6) is 0.937. The van der Waals surface area contributed by atoms with Crippen LogP contribution in [0.2, 0.25) is 0 Å². The predicted molar refractivity (Wildman–Crippen MR) is 209 cm³/mol. The van der Waals surface area contributed by atoms with Gasteiger partial charge in [-0.25, -0.2) is 9.59 Å². The van der Waals surface area contributed by atoms with Crippen LogP contribution < -0.4 is 0 Å². The lowest BCUT2D eigenvalue weighted by atomic mass is 9.50. The summed E-state index contributed by atoms with van der Waals surface area (Å²) in [5.41, 5.74) is -3.08. The quantitative estimate of drug-likeness (QED) is 0.0817. The van der Waals surface area contributed by atoms with Crippen molar-refractivity contribution in [2.75, 3.05) is 14.2 Å². The Balaban J connectivity index is 0.000000227. The van der Waals surface area contributed by atoms with Crippen molar-refractivity contribution >= 4 is 23.5 Å². The maximum absolute atomic E-state index is 12.6. The smallest absolute Gasteiger partial charge is 0.333 e. The minimum atomic E-state index is -0.858. The fraction of sp³-hybridized carbons (Fsp3) is 0.860. The van der Waals surface area contributed by atoms with Gasteiger partial charge in [-0.1, -0.05) is 54.7 Å². The average Bonchev–Trinajstić information content (AvgIpc) is 2.99. The zero-order valence-electron chi connectivity index (χ0n) is 35.1. The number of esters is 2. The number of aliphatic hydroxyl groups is 2. The molecule has 7 atom stereocenters. The van der Waals surface area contributed by atoms with E-state index in [1.54, 1.807) is 28.1 Å². The van der Waals surface area contributed by atoms with E-state index in [9.17, 15) is 19.8 Å². The lowest BCUT2D eigenvalue weighted by Crippen LogP contribution is -2.69. The molecule has 54 heavy (non-hydrogen) atoms.